The summed E-state index contributed by atoms with van der Waals surface area (Å²) in [5.74, 6) is 0.197. The maximum atomic E-state index is 11.8. The van der Waals surface area contributed by atoms with Crippen LogP contribution in [-0.4, -0.2) is 46.7 Å². The zero-order valence-electron chi connectivity index (χ0n) is 13.0. The third-order valence-corrected chi connectivity index (χ3v) is 3.43. The number of ether oxygens (including phenoxy) is 1. The number of aliphatic hydroxyl groups excluding tert-OH is 1. The molecule has 1 atom stereocenters. The second-order valence-corrected chi connectivity index (χ2v) is 5.91. The first-order chi connectivity index (χ1) is 9.81. The normalized spacial score (nSPS) is 12.7. The molecular weight excluding hydrogens is 294 g/mol. The van der Waals surface area contributed by atoms with Crippen LogP contribution in [0.2, 0.25) is 5.02 Å². The van der Waals surface area contributed by atoms with Gasteiger partial charge >= 0.3 is 0 Å². The van der Waals surface area contributed by atoms with Gasteiger partial charge in [0, 0.05) is 13.2 Å². The Kier molecular flexibility index (Phi) is 7.14. The number of aryl methyl sites for hydroxylation is 1. The molecule has 1 amide bonds. The highest BCUT2D eigenvalue weighted by molar-refractivity contribution is 6.31. The smallest absolute Gasteiger partial charge is 0.241 e. The SMILES string of the molecule is Cc1nn(CC(=O)NCC(O)COCC(C)C)c(C)c1Cl. The van der Waals surface area contributed by atoms with Crippen LogP contribution in [0.3, 0.4) is 0 Å². The molecule has 0 aliphatic heterocycles. The first-order valence-electron chi connectivity index (χ1n) is 7.03. The molecule has 0 aliphatic rings. The molecule has 0 bridgehead atoms. The highest BCUT2D eigenvalue weighted by atomic mass is 35.5. The number of halogens is 1. The standard InChI is InChI=1S/C14H24ClN3O3/c1-9(2)7-21-8-12(19)5-16-13(20)6-18-11(4)14(15)10(3)17-18/h9,12,19H,5-8H2,1-4H3,(H,16,20). The first-order valence-corrected chi connectivity index (χ1v) is 7.41. The molecule has 2 N–H and O–H groups in total. The molecule has 6 nitrogen and oxygen atoms in total. The summed E-state index contributed by atoms with van der Waals surface area (Å²) in [7, 11) is 0. The molecule has 0 saturated heterocycles. The fourth-order valence-corrected chi connectivity index (χ4v) is 1.89. The molecule has 0 aliphatic carbocycles. The fraction of sp³-hybridized carbons (Fsp3) is 0.714. The average Bonchev–Trinajstić information content (AvgIpc) is 2.63. The summed E-state index contributed by atoms with van der Waals surface area (Å²) >= 11 is 6.02. The largest absolute Gasteiger partial charge is 0.389 e. The maximum absolute atomic E-state index is 11.8. The van der Waals surface area contributed by atoms with Crippen LogP contribution < -0.4 is 5.32 Å². The van der Waals surface area contributed by atoms with Crippen molar-refractivity contribution in [3.05, 3.63) is 16.4 Å². The van der Waals surface area contributed by atoms with E-state index in [1.165, 1.54) is 0 Å². The summed E-state index contributed by atoms with van der Waals surface area (Å²) in [6, 6.07) is 0. The molecule has 1 aromatic heterocycles. The number of carbonyl (C=O) groups excluding carboxylic acids is 1. The van der Waals surface area contributed by atoms with Crippen LogP contribution in [-0.2, 0) is 16.1 Å². The van der Waals surface area contributed by atoms with Gasteiger partial charge in [-0.05, 0) is 19.8 Å². The number of hydrogen-bond acceptors (Lipinski definition) is 4. The predicted molar refractivity (Wildman–Crippen MR) is 81.4 cm³/mol. The minimum atomic E-state index is -0.711. The molecular formula is C14H24ClN3O3. The Morgan fingerprint density at radius 2 is 2.10 bits per heavy atom. The fourth-order valence-electron chi connectivity index (χ4n) is 1.75. The van der Waals surface area contributed by atoms with Gasteiger partial charge in [0.1, 0.15) is 6.54 Å². The van der Waals surface area contributed by atoms with Gasteiger partial charge in [0.15, 0.2) is 0 Å². The van der Waals surface area contributed by atoms with Crippen LogP contribution in [0.25, 0.3) is 0 Å². The molecule has 0 fully saturated rings. The molecule has 1 heterocycles. The third kappa shape index (κ3) is 6.03. The van der Waals surface area contributed by atoms with Crippen LogP contribution in [0.1, 0.15) is 25.2 Å². The van der Waals surface area contributed by atoms with E-state index in [2.05, 4.69) is 10.4 Å². The summed E-state index contributed by atoms with van der Waals surface area (Å²) in [6.45, 7) is 8.72. The number of nitrogens with one attached hydrogen (secondary N) is 1. The van der Waals surface area contributed by atoms with E-state index in [0.717, 1.165) is 5.69 Å². The highest BCUT2D eigenvalue weighted by Crippen LogP contribution is 2.18. The first kappa shape index (κ1) is 17.9. The van der Waals surface area contributed by atoms with E-state index in [0.29, 0.717) is 23.2 Å². The van der Waals surface area contributed by atoms with Crippen LogP contribution in [0.4, 0.5) is 0 Å². The Hall–Kier alpha value is -1.11. The number of rotatable bonds is 8. The molecule has 120 valence electrons. The summed E-state index contributed by atoms with van der Waals surface area (Å²) in [5.41, 5.74) is 1.45. The Morgan fingerprint density at radius 1 is 1.43 bits per heavy atom. The zero-order chi connectivity index (χ0) is 16.0. The molecule has 7 heteroatoms. The van der Waals surface area contributed by atoms with Gasteiger partial charge in [-0.2, -0.15) is 5.10 Å². The van der Waals surface area contributed by atoms with Gasteiger partial charge in [-0.3, -0.25) is 9.48 Å². The number of aromatic nitrogens is 2. The van der Waals surface area contributed by atoms with Crippen molar-refractivity contribution in [3.63, 3.8) is 0 Å². The number of hydrogen-bond donors (Lipinski definition) is 2. The Balaban J connectivity index is 2.32. The van der Waals surface area contributed by atoms with Gasteiger partial charge in [0.05, 0.1) is 29.1 Å². The van der Waals surface area contributed by atoms with Crippen molar-refractivity contribution in [2.24, 2.45) is 5.92 Å². The van der Waals surface area contributed by atoms with Gasteiger partial charge in [-0.25, -0.2) is 0 Å². The number of carbonyl (C=O) groups is 1. The molecule has 0 radical (unpaired) electrons. The maximum Gasteiger partial charge on any atom is 0.241 e. The lowest BCUT2D eigenvalue weighted by molar-refractivity contribution is -0.122. The number of aliphatic hydroxyl groups is 1. The van der Waals surface area contributed by atoms with E-state index < -0.39 is 6.10 Å². The van der Waals surface area contributed by atoms with E-state index in [1.807, 2.05) is 20.8 Å². The Bertz CT molecular complexity index is 474. The van der Waals surface area contributed by atoms with Gasteiger partial charge in [0.2, 0.25) is 5.91 Å². The quantitative estimate of drug-likeness (QED) is 0.758. The van der Waals surface area contributed by atoms with Gasteiger partial charge in [-0.15, -0.1) is 0 Å². The lowest BCUT2D eigenvalue weighted by atomic mass is 10.2. The van der Waals surface area contributed by atoms with Gasteiger partial charge in [-0.1, -0.05) is 25.4 Å². The van der Waals surface area contributed by atoms with E-state index >= 15 is 0 Å². The number of nitrogens with zero attached hydrogens (tertiary/aromatic N) is 2. The van der Waals surface area contributed by atoms with Gasteiger partial charge in [0.25, 0.3) is 0 Å². The third-order valence-electron chi connectivity index (χ3n) is 2.88. The van der Waals surface area contributed by atoms with Crippen molar-refractivity contribution in [3.8, 4) is 0 Å². The Morgan fingerprint density at radius 3 is 2.62 bits per heavy atom. The molecule has 1 unspecified atom stereocenters. The minimum absolute atomic E-state index is 0.0823. The summed E-state index contributed by atoms with van der Waals surface area (Å²) in [6.07, 6.45) is -0.711. The monoisotopic (exact) mass is 317 g/mol. The topological polar surface area (TPSA) is 76.4 Å². The number of amides is 1. The highest BCUT2D eigenvalue weighted by Gasteiger charge is 2.13. The summed E-state index contributed by atoms with van der Waals surface area (Å²) < 4.78 is 6.86. The molecule has 0 saturated carbocycles. The van der Waals surface area contributed by atoms with Gasteiger partial charge < -0.3 is 15.2 Å². The van der Waals surface area contributed by atoms with Crippen molar-refractivity contribution in [2.75, 3.05) is 19.8 Å². The van der Waals surface area contributed by atoms with Crippen molar-refractivity contribution < 1.29 is 14.6 Å². The average molecular weight is 318 g/mol. The van der Waals surface area contributed by atoms with Crippen molar-refractivity contribution in [1.82, 2.24) is 15.1 Å². The Labute approximate surface area is 130 Å². The predicted octanol–water partition coefficient (Wildman–Crippen LogP) is 1.30. The van der Waals surface area contributed by atoms with Crippen LogP contribution >= 0.6 is 11.6 Å². The van der Waals surface area contributed by atoms with E-state index in [-0.39, 0.29) is 25.6 Å². The molecule has 1 aromatic rings. The van der Waals surface area contributed by atoms with Crippen molar-refractivity contribution >= 4 is 17.5 Å². The summed E-state index contributed by atoms with van der Waals surface area (Å²) in [5, 5.41) is 17.1. The molecule has 21 heavy (non-hydrogen) atoms. The molecule has 0 aromatic carbocycles. The second-order valence-electron chi connectivity index (χ2n) is 5.53. The van der Waals surface area contributed by atoms with Crippen LogP contribution in [0.5, 0.6) is 0 Å². The summed E-state index contributed by atoms with van der Waals surface area (Å²) in [4.78, 5) is 11.8. The van der Waals surface area contributed by atoms with Crippen molar-refractivity contribution in [2.45, 2.75) is 40.3 Å². The molecule has 0 spiro atoms. The van der Waals surface area contributed by atoms with Crippen molar-refractivity contribution in [1.29, 1.82) is 0 Å². The van der Waals surface area contributed by atoms with Crippen LogP contribution in [0.15, 0.2) is 0 Å². The molecule has 1 rings (SSSR count). The second kappa shape index (κ2) is 8.36. The van der Waals surface area contributed by atoms with E-state index in [9.17, 15) is 9.90 Å². The zero-order valence-corrected chi connectivity index (χ0v) is 13.8. The minimum Gasteiger partial charge on any atom is -0.389 e. The van der Waals surface area contributed by atoms with E-state index in [4.69, 9.17) is 16.3 Å². The lowest BCUT2D eigenvalue weighted by Gasteiger charge is -2.13. The van der Waals surface area contributed by atoms with Crippen LogP contribution in [0, 0.1) is 19.8 Å². The lowest BCUT2D eigenvalue weighted by Crippen LogP contribution is -2.36. The van der Waals surface area contributed by atoms with E-state index in [1.54, 1.807) is 11.6 Å².